The van der Waals surface area contributed by atoms with E-state index >= 15 is 0 Å². The van der Waals surface area contributed by atoms with Gasteiger partial charge in [0.25, 0.3) is 11.6 Å². The van der Waals surface area contributed by atoms with Crippen LogP contribution in [0.4, 0.5) is 11.4 Å². The van der Waals surface area contributed by atoms with E-state index in [0.717, 1.165) is 10.2 Å². The van der Waals surface area contributed by atoms with E-state index in [1.165, 1.54) is 12.1 Å². The lowest BCUT2D eigenvalue weighted by Gasteiger charge is -2.36. The molecule has 0 N–H and O–H groups in total. The highest BCUT2D eigenvalue weighted by molar-refractivity contribution is 9.10. The second-order valence-corrected chi connectivity index (χ2v) is 6.81. The van der Waals surface area contributed by atoms with E-state index < -0.39 is 4.92 Å². The second-order valence-electron chi connectivity index (χ2n) is 5.90. The molecular weight excluding hydrogens is 402 g/mol. The molecule has 0 aliphatic carbocycles. The summed E-state index contributed by atoms with van der Waals surface area (Å²) in [5, 5.41) is 10.8. The number of anilines is 1. The largest absolute Gasteiger partial charge is 0.496 e. The molecule has 7 nitrogen and oxygen atoms in total. The number of hydrogen-bond acceptors (Lipinski definition) is 5. The minimum absolute atomic E-state index is 0.0634. The zero-order chi connectivity index (χ0) is 18.7. The molecule has 1 aliphatic rings. The number of amides is 1. The zero-order valence-electron chi connectivity index (χ0n) is 14.2. The molecule has 1 amide bonds. The first-order chi connectivity index (χ1) is 12.5. The number of piperazine rings is 1. The second kappa shape index (κ2) is 7.74. The highest BCUT2D eigenvalue weighted by atomic mass is 79.9. The number of rotatable bonds is 4. The molecule has 3 rings (SSSR count). The fourth-order valence-electron chi connectivity index (χ4n) is 2.97. The third kappa shape index (κ3) is 3.80. The lowest BCUT2D eigenvalue weighted by molar-refractivity contribution is -0.384. The lowest BCUT2D eigenvalue weighted by atomic mass is 10.1. The fraction of sp³-hybridized carbons (Fsp3) is 0.278. The number of carbonyl (C=O) groups is 1. The van der Waals surface area contributed by atoms with Crippen LogP contribution in [0.15, 0.2) is 46.9 Å². The van der Waals surface area contributed by atoms with Crippen LogP contribution >= 0.6 is 15.9 Å². The number of nitrogens with zero attached hydrogens (tertiary/aromatic N) is 3. The molecular formula is C18H18BrN3O4. The molecule has 0 aromatic heterocycles. The van der Waals surface area contributed by atoms with Crippen molar-refractivity contribution in [2.75, 3.05) is 38.2 Å². The van der Waals surface area contributed by atoms with Gasteiger partial charge in [-0.1, -0.05) is 15.9 Å². The topological polar surface area (TPSA) is 75.9 Å². The van der Waals surface area contributed by atoms with Crippen LogP contribution in [0.1, 0.15) is 10.4 Å². The van der Waals surface area contributed by atoms with Gasteiger partial charge in [-0.3, -0.25) is 14.9 Å². The number of nitro groups is 1. The van der Waals surface area contributed by atoms with Crippen LogP contribution < -0.4 is 9.64 Å². The van der Waals surface area contributed by atoms with Crippen molar-refractivity contribution in [3.8, 4) is 5.75 Å². The Labute approximate surface area is 159 Å². The van der Waals surface area contributed by atoms with Crippen molar-refractivity contribution in [3.63, 3.8) is 0 Å². The molecule has 0 unspecified atom stereocenters. The van der Waals surface area contributed by atoms with Gasteiger partial charge in [0.1, 0.15) is 5.75 Å². The summed E-state index contributed by atoms with van der Waals surface area (Å²) < 4.78 is 6.12. The highest BCUT2D eigenvalue weighted by Gasteiger charge is 2.24. The number of halogens is 1. The van der Waals surface area contributed by atoms with E-state index in [9.17, 15) is 14.9 Å². The number of non-ortho nitro benzene ring substituents is 1. The number of methoxy groups -OCH3 is 1. The van der Waals surface area contributed by atoms with Crippen LogP contribution in [0.5, 0.6) is 5.75 Å². The van der Waals surface area contributed by atoms with Crippen molar-refractivity contribution in [1.82, 2.24) is 4.90 Å². The third-order valence-electron chi connectivity index (χ3n) is 4.38. The first kappa shape index (κ1) is 18.2. The molecule has 136 valence electrons. The van der Waals surface area contributed by atoms with Gasteiger partial charge in [0, 0.05) is 48.5 Å². The molecule has 0 radical (unpaired) electrons. The van der Waals surface area contributed by atoms with Crippen LogP contribution in [-0.2, 0) is 0 Å². The summed E-state index contributed by atoms with van der Waals surface area (Å²) in [5.41, 5.74) is 1.53. The standard InChI is InChI=1S/C18H18BrN3O4/c1-26-17-7-2-13(19)12-16(17)18(23)21-10-8-20(9-11-21)14-3-5-15(6-4-14)22(24)25/h2-7,12H,8-11H2,1H3. The summed E-state index contributed by atoms with van der Waals surface area (Å²) >= 11 is 3.39. The molecule has 1 fully saturated rings. The van der Waals surface area contributed by atoms with E-state index in [1.54, 1.807) is 36.3 Å². The fourth-order valence-corrected chi connectivity index (χ4v) is 3.33. The Kier molecular flexibility index (Phi) is 5.41. The van der Waals surface area contributed by atoms with Crippen LogP contribution in [0.25, 0.3) is 0 Å². The van der Waals surface area contributed by atoms with Crippen LogP contribution in [0.3, 0.4) is 0 Å². The quantitative estimate of drug-likeness (QED) is 0.560. The lowest BCUT2D eigenvalue weighted by Crippen LogP contribution is -2.48. The van der Waals surface area contributed by atoms with E-state index in [4.69, 9.17) is 4.74 Å². The molecule has 0 atom stereocenters. The molecule has 2 aromatic carbocycles. The zero-order valence-corrected chi connectivity index (χ0v) is 15.8. The highest BCUT2D eigenvalue weighted by Crippen LogP contribution is 2.26. The van der Waals surface area contributed by atoms with Gasteiger partial charge in [-0.15, -0.1) is 0 Å². The average Bonchev–Trinajstić information content (AvgIpc) is 2.67. The predicted molar refractivity (Wildman–Crippen MR) is 102 cm³/mol. The molecule has 0 spiro atoms. The van der Waals surface area contributed by atoms with Gasteiger partial charge in [0.05, 0.1) is 17.6 Å². The summed E-state index contributed by atoms with van der Waals surface area (Å²) in [5.74, 6) is 0.488. The Bertz CT molecular complexity index is 818. The molecule has 26 heavy (non-hydrogen) atoms. The third-order valence-corrected chi connectivity index (χ3v) is 4.88. The van der Waals surface area contributed by atoms with Gasteiger partial charge in [0.2, 0.25) is 0 Å². The van der Waals surface area contributed by atoms with Gasteiger partial charge in [-0.05, 0) is 30.3 Å². The van der Waals surface area contributed by atoms with Crippen LogP contribution in [0.2, 0.25) is 0 Å². The summed E-state index contributed by atoms with van der Waals surface area (Å²) in [6.45, 7) is 2.48. The van der Waals surface area contributed by atoms with Crippen molar-refractivity contribution in [2.45, 2.75) is 0 Å². The SMILES string of the molecule is COc1ccc(Br)cc1C(=O)N1CCN(c2ccc([N+](=O)[O-])cc2)CC1. The van der Waals surface area contributed by atoms with E-state index in [1.807, 2.05) is 6.07 Å². The maximum atomic E-state index is 12.8. The summed E-state index contributed by atoms with van der Waals surface area (Å²) in [4.78, 5) is 27.1. The summed E-state index contributed by atoms with van der Waals surface area (Å²) in [7, 11) is 1.55. The molecule has 0 saturated carbocycles. The molecule has 1 aliphatic heterocycles. The van der Waals surface area contributed by atoms with Crippen molar-refractivity contribution in [2.24, 2.45) is 0 Å². The minimum Gasteiger partial charge on any atom is -0.496 e. The normalized spacial score (nSPS) is 14.2. The van der Waals surface area contributed by atoms with Gasteiger partial charge < -0.3 is 14.5 Å². The number of hydrogen-bond donors (Lipinski definition) is 0. The first-order valence-corrected chi connectivity index (χ1v) is 8.91. The van der Waals surface area contributed by atoms with Crippen molar-refractivity contribution in [1.29, 1.82) is 0 Å². The molecule has 8 heteroatoms. The monoisotopic (exact) mass is 419 g/mol. The Morgan fingerprint density at radius 1 is 1.12 bits per heavy atom. The van der Waals surface area contributed by atoms with Crippen LogP contribution in [-0.4, -0.2) is 49.0 Å². The maximum Gasteiger partial charge on any atom is 0.269 e. The average molecular weight is 420 g/mol. The van der Waals surface area contributed by atoms with Crippen molar-refractivity contribution in [3.05, 3.63) is 62.6 Å². The van der Waals surface area contributed by atoms with Crippen LogP contribution in [0, 0.1) is 10.1 Å². The van der Waals surface area contributed by atoms with Gasteiger partial charge >= 0.3 is 0 Å². The Hall–Kier alpha value is -2.61. The van der Waals surface area contributed by atoms with Gasteiger partial charge in [-0.25, -0.2) is 0 Å². The number of ether oxygens (including phenoxy) is 1. The van der Waals surface area contributed by atoms with E-state index in [-0.39, 0.29) is 11.6 Å². The molecule has 1 saturated heterocycles. The Morgan fingerprint density at radius 3 is 2.35 bits per heavy atom. The van der Waals surface area contributed by atoms with E-state index in [2.05, 4.69) is 20.8 Å². The Balaban J connectivity index is 1.67. The van der Waals surface area contributed by atoms with E-state index in [0.29, 0.717) is 37.5 Å². The Morgan fingerprint density at radius 2 is 1.77 bits per heavy atom. The maximum absolute atomic E-state index is 12.8. The number of carbonyl (C=O) groups excluding carboxylic acids is 1. The molecule has 0 bridgehead atoms. The number of nitro benzene ring substituents is 1. The van der Waals surface area contributed by atoms with Gasteiger partial charge in [-0.2, -0.15) is 0 Å². The summed E-state index contributed by atoms with van der Waals surface area (Å²) in [6.07, 6.45) is 0. The predicted octanol–water partition coefficient (Wildman–Crippen LogP) is 3.33. The van der Waals surface area contributed by atoms with Crippen molar-refractivity contribution < 1.29 is 14.5 Å². The minimum atomic E-state index is -0.411. The smallest absolute Gasteiger partial charge is 0.269 e. The first-order valence-electron chi connectivity index (χ1n) is 8.12. The molecule has 2 aromatic rings. The number of benzene rings is 2. The molecule has 1 heterocycles. The summed E-state index contributed by atoms with van der Waals surface area (Å²) in [6, 6.07) is 11.9. The van der Waals surface area contributed by atoms with Crippen molar-refractivity contribution >= 4 is 33.2 Å². The van der Waals surface area contributed by atoms with Gasteiger partial charge in [0.15, 0.2) is 0 Å².